The molecule has 19 heavy (non-hydrogen) atoms. The Morgan fingerprint density at radius 1 is 1.16 bits per heavy atom. The topological polar surface area (TPSA) is 62.2 Å². The third-order valence-electron chi connectivity index (χ3n) is 3.27. The molecule has 2 atom stereocenters. The molecule has 5 nitrogen and oxygen atoms in total. The predicted octanol–water partition coefficient (Wildman–Crippen LogP) is 0.882. The van der Waals surface area contributed by atoms with Crippen LogP contribution in [0, 0.1) is 0 Å². The molecular weight excluding hydrogens is 246 g/mol. The molecule has 2 unspecified atom stereocenters. The fourth-order valence-corrected chi connectivity index (χ4v) is 2.24. The molecule has 5 heteroatoms. The first kappa shape index (κ1) is 18.8. The van der Waals surface area contributed by atoms with Gasteiger partial charge in [0, 0.05) is 26.2 Å². The van der Waals surface area contributed by atoms with Crippen LogP contribution in [0.4, 0.5) is 0 Å². The van der Waals surface area contributed by atoms with E-state index in [2.05, 4.69) is 18.7 Å². The van der Waals surface area contributed by atoms with E-state index < -0.39 is 6.10 Å². The molecule has 0 aromatic rings. The minimum Gasteiger partial charge on any atom is -0.395 e. The number of hydrogen-bond acceptors (Lipinski definition) is 5. The summed E-state index contributed by atoms with van der Waals surface area (Å²) in [6.07, 6.45) is 1.49. The third-order valence-corrected chi connectivity index (χ3v) is 3.27. The Hall–Kier alpha value is -0.200. The van der Waals surface area contributed by atoms with E-state index in [9.17, 15) is 5.11 Å². The Balaban J connectivity index is 4.11. The molecule has 0 aromatic heterocycles. The van der Waals surface area contributed by atoms with Crippen molar-refractivity contribution < 1.29 is 19.7 Å². The highest BCUT2D eigenvalue weighted by Crippen LogP contribution is 2.09. The second kappa shape index (κ2) is 11.6. The lowest BCUT2D eigenvalue weighted by molar-refractivity contribution is -0.0442. The van der Waals surface area contributed by atoms with Crippen molar-refractivity contribution in [2.75, 3.05) is 40.0 Å². The number of hydrogen-bond donors (Lipinski definition) is 2. The fourth-order valence-electron chi connectivity index (χ4n) is 2.24. The summed E-state index contributed by atoms with van der Waals surface area (Å²) in [4.78, 5) is 2.13. The summed E-state index contributed by atoms with van der Waals surface area (Å²) in [5.41, 5.74) is 0. The standard InChI is InChI=1S/C14H31NO4/c1-5-13(6-2)15(7-8-16)9-14(17)11-19-12(3)10-18-4/h12-14,16-17H,5-11H2,1-4H3. The van der Waals surface area contributed by atoms with E-state index in [1.807, 2.05) is 6.92 Å². The summed E-state index contributed by atoms with van der Waals surface area (Å²) in [6, 6.07) is 0.401. The Morgan fingerprint density at radius 3 is 2.26 bits per heavy atom. The van der Waals surface area contributed by atoms with E-state index in [0.29, 0.717) is 32.3 Å². The molecule has 0 fully saturated rings. The van der Waals surface area contributed by atoms with Gasteiger partial charge in [0.1, 0.15) is 0 Å². The van der Waals surface area contributed by atoms with Crippen molar-refractivity contribution in [2.45, 2.75) is 51.9 Å². The number of nitrogens with zero attached hydrogens (tertiary/aromatic N) is 1. The minimum atomic E-state index is -0.536. The molecule has 0 aliphatic rings. The number of ether oxygens (including phenoxy) is 2. The average Bonchev–Trinajstić information content (AvgIpc) is 2.38. The first-order valence-corrected chi connectivity index (χ1v) is 7.22. The quantitative estimate of drug-likeness (QED) is 0.554. The molecule has 0 aliphatic heterocycles. The molecule has 0 rings (SSSR count). The highest BCUT2D eigenvalue weighted by atomic mass is 16.5. The average molecular weight is 277 g/mol. The van der Waals surface area contributed by atoms with E-state index >= 15 is 0 Å². The zero-order chi connectivity index (χ0) is 14.7. The van der Waals surface area contributed by atoms with Crippen molar-refractivity contribution in [3.63, 3.8) is 0 Å². The number of methoxy groups -OCH3 is 1. The zero-order valence-electron chi connectivity index (χ0n) is 12.8. The molecule has 0 spiro atoms. The van der Waals surface area contributed by atoms with Gasteiger partial charge in [0.25, 0.3) is 0 Å². The van der Waals surface area contributed by atoms with Crippen LogP contribution in [0.5, 0.6) is 0 Å². The highest BCUT2D eigenvalue weighted by molar-refractivity contribution is 4.72. The lowest BCUT2D eigenvalue weighted by Crippen LogP contribution is -2.43. The summed E-state index contributed by atoms with van der Waals surface area (Å²) in [5, 5.41) is 19.1. The van der Waals surface area contributed by atoms with Crippen LogP contribution in [0.3, 0.4) is 0 Å². The van der Waals surface area contributed by atoms with Crippen LogP contribution >= 0.6 is 0 Å². The van der Waals surface area contributed by atoms with Crippen LogP contribution in [0.2, 0.25) is 0 Å². The van der Waals surface area contributed by atoms with Crippen molar-refractivity contribution >= 4 is 0 Å². The van der Waals surface area contributed by atoms with Gasteiger partial charge < -0.3 is 19.7 Å². The van der Waals surface area contributed by atoms with Gasteiger partial charge in [-0.15, -0.1) is 0 Å². The summed E-state index contributed by atoms with van der Waals surface area (Å²) >= 11 is 0. The normalized spacial score (nSPS) is 15.2. The summed E-state index contributed by atoms with van der Waals surface area (Å²) in [5.74, 6) is 0. The molecule has 0 saturated carbocycles. The van der Waals surface area contributed by atoms with Gasteiger partial charge in [-0.1, -0.05) is 13.8 Å². The van der Waals surface area contributed by atoms with E-state index in [1.165, 1.54) is 0 Å². The Bertz CT molecular complexity index is 200. The fraction of sp³-hybridized carbons (Fsp3) is 1.00. The first-order valence-electron chi connectivity index (χ1n) is 7.22. The van der Waals surface area contributed by atoms with Gasteiger partial charge in [-0.05, 0) is 19.8 Å². The van der Waals surface area contributed by atoms with Crippen LogP contribution in [0.25, 0.3) is 0 Å². The maximum atomic E-state index is 10.0. The molecule has 0 bridgehead atoms. The lowest BCUT2D eigenvalue weighted by atomic mass is 10.1. The monoisotopic (exact) mass is 277 g/mol. The van der Waals surface area contributed by atoms with Gasteiger partial charge in [0.15, 0.2) is 0 Å². The molecule has 0 aromatic carbocycles. The van der Waals surface area contributed by atoms with Gasteiger partial charge in [-0.25, -0.2) is 0 Å². The van der Waals surface area contributed by atoms with Crippen LogP contribution in [-0.2, 0) is 9.47 Å². The predicted molar refractivity (Wildman–Crippen MR) is 76.3 cm³/mol. The number of aliphatic hydroxyl groups excluding tert-OH is 2. The lowest BCUT2D eigenvalue weighted by Gasteiger charge is -2.31. The van der Waals surface area contributed by atoms with Gasteiger partial charge in [-0.2, -0.15) is 0 Å². The smallest absolute Gasteiger partial charge is 0.0900 e. The molecule has 0 heterocycles. The Kier molecular flexibility index (Phi) is 11.5. The number of rotatable bonds is 12. The molecule has 0 aliphatic carbocycles. The number of aliphatic hydroxyl groups is 2. The second-order valence-electron chi connectivity index (χ2n) is 4.94. The molecular formula is C14H31NO4. The van der Waals surface area contributed by atoms with Crippen LogP contribution in [0.1, 0.15) is 33.6 Å². The van der Waals surface area contributed by atoms with Gasteiger partial charge in [-0.3, -0.25) is 4.90 Å². The van der Waals surface area contributed by atoms with Gasteiger partial charge >= 0.3 is 0 Å². The Labute approximate surface area is 117 Å². The van der Waals surface area contributed by atoms with Crippen molar-refractivity contribution in [3.05, 3.63) is 0 Å². The molecule has 0 saturated heterocycles. The van der Waals surface area contributed by atoms with Crippen molar-refractivity contribution in [3.8, 4) is 0 Å². The zero-order valence-corrected chi connectivity index (χ0v) is 12.8. The van der Waals surface area contributed by atoms with Crippen LogP contribution in [-0.4, -0.2) is 73.4 Å². The van der Waals surface area contributed by atoms with Crippen molar-refractivity contribution in [1.29, 1.82) is 0 Å². The van der Waals surface area contributed by atoms with E-state index in [-0.39, 0.29) is 12.7 Å². The van der Waals surface area contributed by atoms with Gasteiger partial charge in [0.2, 0.25) is 0 Å². The first-order chi connectivity index (χ1) is 9.08. The molecule has 0 amide bonds. The van der Waals surface area contributed by atoms with Crippen LogP contribution < -0.4 is 0 Å². The highest BCUT2D eigenvalue weighted by Gasteiger charge is 2.18. The third kappa shape index (κ3) is 8.55. The summed E-state index contributed by atoms with van der Waals surface area (Å²) < 4.78 is 10.5. The SMILES string of the molecule is CCC(CC)N(CCO)CC(O)COC(C)COC. The maximum absolute atomic E-state index is 10.0. The summed E-state index contributed by atoms with van der Waals surface area (Å²) in [6.45, 7) is 8.24. The largest absolute Gasteiger partial charge is 0.395 e. The second-order valence-corrected chi connectivity index (χ2v) is 4.94. The van der Waals surface area contributed by atoms with Gasteiger partial charge in [0.05, 0.1) is 32.0 Å². The summed E-state index contributed by atoms with van der Waals surface area (Å²) in [7, 11) is 1.63. The molecule has 0 radical (unpaired) electrons. The van der Waals surface area contributed by atoms with Crippen molar-refractivity contribution in [2.24, 2.45) is 0 Å². The van der Waals surface area contributed by atoms with Crippen molar-refractivity contribution in [1.82, 2.24) is 4.90 Å². The maximum Gasteiger partial charge on any atom is 0.0900 e. The van der Waals surface area contributed by atoms with E-state index in [1.54, 1.807) is 7.11 Å². The Morgan fingerprint density at radius 2 is 1.79 bits per heavy atom. The minimum absolute atomic E-state index is 0.0147. The molecule has 2 N–H and O–H groups in total. The molecule has 116 valence electrons. The van der Waals surface area contributed by atoms with E-state index in [4.69, 9.17) is 14.6 Å². The van der Waals surface area contributed by atoms with E-state index in [0.717, 1.165) is 12.8 Å². The van der Waals surface area contributed by atoms with Crippen LogP contribution in [0.15, 0.2) is 0 Å².